The zero-order valence-electron chi connectivity index (χ0n) is 14.6. The number of amides is 1. The van der Waals surface area contributed by atoms with E-state index in [0.717, 1.165) is 22.4 Å². The molecule has 4 nitrogen and oxygen atoms in total. The van der Waals surface area contributed by atoms with Crippen LogP contribution >= 0.6 is 0 Å². The maximum Gasteiger partial charge on any atom is 0.258 e. The van der Waals surface area contributed by atoms with Crippen molar-refractivity contribution in [2.45, 2.75) is 26.8 Å². The summed E-state index contributed by atoms with van der Waals surface area (Å²) in [6, 6.07) is 12.7. The first-order valence-electron chi connectivity index (χ1n) is 8.15. The van der Waals surface area contributed by atoms with Crippen LogP contribution in [-0.2, 0) is 9.84 Å². The van der Waals surface area contributed by atoms with E-state index < -0.39 is 15.9 Å². The van der Waals surface area contributed by atoms with E-state index in [2.05, 4.69) is 0 Å². The lowest BCUT2D eigenvalue weighted by molar-refractivity contribution is 0.0983. The Balaban J connectivity index is 2.07. The number of carbonyl (C=O) groups is 1. The minimum Gasteiger partial charge on any atom is -0.300 e. The molecule has 0 aromatic heterocycles. The van der Waals surface area contributed by atoms with Gasteiger partial charge in [-0.15, -0.1) is 0 Å². The third-order valence-corrected chi connectivity index (χ3v) is 5.62. The van der Waals surface area contributed by atoms with E-state index in [1.807, 2.05) is 51.1 Å². The zero-order valence-corrected chi connectivity index (χ0v) is 15.4. The van der Waals surface area contributed by atoms with Crippen LogP contribution in [-0.4, -0.2) is 26.1 Å². The van der Waals surface area contributed by atoms with Gasteiger partial charge in [0.1, 0.15) is 0 Å². The predicted molar refractivity (Wildman–Crippen MR) is 101 cm³/mol. The van der Waals surface area contributed by atoms with E-state index in [-0.39, 0.29) is 11.7 Å². The van der Waals surface area contributed by atoms with Crippen molar-refractivity contribution in [3.05, 3.63) is 76.2 Å². The summed E-state index contributed by atoms with van der Waals surface area (Å²) < 4.78 is 23.8. The summed E-state index contributed by atoms with van der Waals surface area (Å²) in [6.45, 7) is 5.89. The van der Waals surface area contributed by atoms with Crippen LogP contribution in [0.5, 0.6) is 0 Å². The molecule has 25 heavy (non-hydrogen) atoms. The third-order valence-electron chi connectivity index (χ3n) is 4.24. The van der Waals surface area contributed by atoms with Gasteiger partial charge in [-0.25, -0.2) is 8.42 Å². The summed E-state index contributed by atoms with van der Waals surface area (Å²) in [4.78, 5) is 14.8. The summed E-state index contributed by atoms with van der Waals surface area (Å²) >= 11 is 0. The predicted octanol–water partition coefficient (Wildman–Crippen LogP) is 3.57. The van der Waals surface area contributed by atoms with Crippen LogP contribution in [0.1, 0.15) is 27.0 Å². The Kier molecular flexibility index (Phi) is 4.52. The summed E-state index contributed by atoms with van der Waals surface area (Å²) in [6.07, 6.45) is 1.60. The summed E-state index contributed by atoms with van der Waals surface area (Å²) in [5, 5.41) is 1.20. The smallest absolute Gasteiger partial charge is 0.258 e. The maximum absolute atomic E-state index is 13.2. The molecule has 0 bridgehead atoms. The lowest BCUT2D eigenvalue weighted by Crippen LogP contribution is -2.41. The fourth-order valence-electron chi connectivity index (χ4n) is 3.10. The van der Waals surface area contributed by atoms with Crippen molar-refractivity contribution >= 4 is 21.4 Å². The molecule has 0 aliphatic carbocycles. The second-order valence-electron chi connectivity index (χ2n) is 6.61. The van der Waals surface area contributed by atoms with Gasteiger partial charge in [0.25, 0.3) is 5.91 Å². The van der Waals surface area contributed by atoms with Crippen molar-refractivity contribution in [1.82, 2.24) is 0 Å². The van der Waals surface area contributed by atoms with Crippen LogP contribution in [0.25, 0.3) is 0 Å². The maximum atomic E-state index is 13.2. The molecule has 1 aliphatic rings. The number of anilines is 1. The van der Waals surface area contributed by atoms with Gasteiger partial charge in [0, 0.05) is 16.7 Å². The highest BCUT2D eigenvalue weighted by Crippen LogP contribution is 2.27. The second kappa shape index (κ2) is 6.48. The first kappa shape index (κ1) is 17.4. The molecule has 2 aromatic carbocycles. The van der Waals surface area contributed by atoms with Gasteiger partial charge in [0.2, 0.25) is 0 Å². The molecule has 1 aliphatic heterocycles. The zero-order chi connectivity index (χ0) is 18.2. The van der Waals surface area contributed by atoms with Crippen molar-refractivity contribution in [3.8, 4) is 0 Å². The largest absolute Gasteiger partial charge is 0.300 e. The van der Waals surface area contributed by atoms with E-state index in [0.29, 0.717) is 5.56 Å². The molecular formula is C20H21NO3S. The van der Waals surface area contributed by atoms with Crippen LogP contribution in [0, 0.1) is 20.8 Å². The molecule has 0 saturated heterocycles. The summed E-state index contributed by atoms with van der Waals surface area (Å²) in [5.74, 6) is -0.283. The van der Waals surface area contributed by atoms with Crippen LogP contribution in [0.15, 0.2) is 53.9 Å². The van der Waals surface area contributed by atoms with Gasteiger partial charge >= 0.3 is 0 Å². The lowest BCUT2D eigenvalue weighted by Gasteiger charge is -2.28. The topological polar surface area (TPSA) is 54.5 Å². The van der Waals surface area contributed by atoms with Crippen molar-refractivity contribution in [3.63, 3.8) is 0 Å². The number of benzene rings is 2. The Morgan fingerprint density at radius 2 is 1.56 bits per heavy atom. The van der Waals surface area contributed by atoms with Crippen molar-refractivity contribution in [2.75, 3.05) is 10.7 Å². The molecule has 0 spiro atoms. The average Bonchev–Trinajstić information content (AvgIpc) is 2.87. The Morgan fingerprint density at radius 1 is 0.960 bits per heavy atom. The monoisotopic (exact) mass is 355 g/mol. The first-order valence-corrected chi connectivity index (χ1v) is 9.86. The Morgan fingerprint density at radius 3 is 2.08 bits per heavy atom. The van der Waals surface area contributed by atoms with E-state index in [9.17, 15) is 13.2 Å². The third kappa shape index (κ3) is 3.82. The Labute approximate surface area is 148 Å². The van der Waals surface area contributed by atoms with Crippen molar-refractivity contribution in [2.24, 2.45) is 0 Å². The van der Waals surface area contributed by atoms with Gasteiger partial charge in [-0.05, 0) is 62.2 Å². The minimum absolute atomic E-state index is 0.0857. The molecule has 130 valence electrons. The van der Waals surface area contributed by atoms with Gasteiger partial charge < -0.3 is 4.90 Å². The number of carbonyl (C=O) groups excluding carboxylic acids is 1. The normalized spacial score (nSPS) is 18.3. The Hall–Kier alpha value is -2.40. The number of nitrogens with zero attached hydrogens (tertiary/aromatic N) is 1. The molecule has 1 amide bonds. The van der Waals surface area contributed by atoms with Gasteiger partial charge in [0.15, 0.2) is 9.84 Å². The average molecular weight is 355 g/mol. The van der Waals surface area contributed by atoms with E-state index in [1.54, 1.807) is 23.1 Å². The second-order valence-corrected chi connectivity index (χ2v) is 8.54. The van der Waals surface area contributed by atoms with E-state index in [1.165, 1.54) is 5.41 Å². The van der Waals surface area contributed by atoms with Crippen LogP contribution in [0.3, 0.4) is 0 Å². The van der Waals surface area contributed by atoms with E-state index in [4.69, 9.17) is 0 Å². The summed E-state index contributed by atoms with van der Waals surface area (Å²) in [5.41, 5.74) is 4.39. The Bertz CT molecular complexity index is 923. The first-order chi connectivity index (χ1) is 11.7. The number of rotatable bonds is 3. The highest BCUT2D eigenvalue weighted by atomic mass is 32.2. The number of hydrogen-bond acceptors (Lipinski definition) is 3. The van der Waals surface area contributed by atoms with Gasteiger partial charge in [0.05, 0.1) is 11.8 Å². The van der Waals surface area contributed by atoms with Gasteiger partial charge in [-0.2, -0.15) is 0 Å². The molecular weight excluding hydrogens is 334 g/mol. The SMILES string of the molecule is Cc1ccc(C(=O)N(c2cc(C)cc(C)c2)C2C=CS(=O)(=O)C2)cc1. The highest BCUT2D eigenvalue weighted by Gasteiger charge is 2.32. The standard InChI is InChI=1S/C20H21NO3S/c1-14-4-6-17(7-5-14)20(22)21(18-8-9-25(23,24)13-18)19-11-15(2)10-16(3)12-19/h4-12,18H,13H2,1-3H3. The summed E-state index contributed by atoms with van der Waals surface area (Å²) in [7, 11) is -3.27. The fourth-order valence-corrected chi connectivity index (χ4v) is 4.37. The quantitative estimate of drug-likeness (QED) is 0.846. The lowest BCUT2D eigenvalue weighted by atomic mass is 10.1. The molecule has 5 heteroatoms. The molecule has 0 saturated carbocycles. The van der Waals surface area contributed by atoms with E-state index >= 15 is 0 Å². The van der Waals surface area contributed by atoms with Gasteiger partial charge in [-0.3, -0.25) is 4.79 Å². The number of hydrogen-bond donors (Lipinski definition) is 0. The molecule has 1 heterocycles. The number of sulfone groups is 1. The number of aryl methyl sites for hydroxylation is 3. The van der Waals surface area contributed by atoms with Crippen LogP contribution in [0.4, 0.5) is 5.69 Å². The molecule has 0 N–H and O–H groups in total. The molecule has 0 fully saturated rings. The minimum atomic E-state index is -3.27. The van der Waals surface area contributed by atoms with Crippen LogP contribution < -0.4 is 4.90 Å². The van der Waals surface area contributed by atoms with Gasteiger partial charge in [-0.1, -0.05) is 23.8 Å². The molecule has 3 rings (SSSR count). The highest BCUT2D eigenvalue weighted by molar-refractivity contribution is 7.94. The fraction of sp³-hybridized carbons (Fsp3) is 0.250. The molecule has 2 aromatic rings. The molecule has 1 unspecified atom stereocenters. The molecule has 1 atom stereocenters. The van der Waals surface area contributed by atoms with Crippen molar-refractivity contribution in [1.29, 1.82) is 0 Å². The van der Waals surface area contributed by atoms with Crippen LogP contribution in [0.2, 0.25) is 0 Å². The molecule has 0 radical (unpaired) electrons. The van der Waals surface area contributed by atoms with Crippen molar-refractivity contribution < 1.29 is 13.2 Å².